The molecule has 0 amide bonds. The standard InChI is InChI=1S/C13H20N4/c1-10(2)9-16(3)13-11(8-14)17-7-5-4-6-12(17)15-13/h4-7,10H,8-9,14H2,1-3H3. The minimum atomic E-state index is 0.503. The van der Waals surface area contributed by atoms with Crippen LogP contribution in [0.25, 0.3) is 5.65 Å². The van der Waals surface area contributed by atoms with E-state index in [-0.39, 0.29) is 0 Å². The third-order valence-electron chi connectivity index (χ3n) is 2.80. The summed E-state index contributed by atoms with van der Waals surface area (Å²) in [5.41, 5.74) is 7.87. The van der Waals surface area contributed by atoms with Crippen LogP contribution in [0.3, 0.4) is 0 Å². The van der Waals surface area contributed by atoms with Crippen LogP contribution in [0.5, 0.6) is 0 Å². The fourth-order valence-corrected chi connectivity index (χ4v) is 2.16. The Balaban J connectivity index is 2.45. The molecule has 0 aromatic carbocycles. The molecule has 2 aromatic rings. The zero-order valence-electron chi connectivity index (χ0n) is 10.7. The number of fused-ring (bicyclic) bond motifs is 1. The summed E-state index contributed by atoms with van der Waals surface area (Å²) in [6.07, 6.45) is 2.01. The first-order valence-corrected chi connectivity index (χ1v) is 6.00. The lowest BCUT2D eigenvalue weighted by molar-refractivity contribution is 0.633. The molecule has 2 aromatic heterocycles. The van der Waals surface area contributed by atoms with Crippen LogP contribution >= 0.6 is 0 Å². The van der Waals surface area contributed by atoms with Gasteiger partial charge in [-0.15, -0.1) is 0 Å². The maximum absolute atomic E-state index is 5.84. The largest absolute Gasteiger partial charge is 0.358 e. The van der Waals surface area contributed by atoms with E-state index in [4.69, 9.17) is 5.73 Å². The molecule has 17 heavy (non-hydrogen) atoms. The SMILES string of the molecule is CC(C)CN(C)c1nc2ccccn2c1CN. The Labute approximate surface area is 102 Å². The van der Waals surface area contributed by atoms with Crippen LogP contribution < -0.4 is 10.6 Å². The lowest BCUT2D eigenvalue weighted by Gasteiger charge is -2.20. The average Bonchev–Trinajstić information content (AvgIpc) is 2.66. The molecule has 0 fully saturated rings. The Morgan fingerprint density at radius 3 is 2.82 bits per heavy atom. The van der Waals surface area contributed by atoms with Gasteiger partial charge in [-0.25, -0.2) is 4.98 Å². The Bertz CT molecular complexity index is 501. The Morgan fingerprint density at radius 2 is 2.18 bits per heavy atom. The molecule has 0 aliphatic carbocycles. The zero-order valence-corrected chi connectivity index (χ0v) is 10.7. The summed E-state index contributed by atoms with van der Waals surface area (Å²) in [7, 11) is 2.07. The van der Waals surface area contributed by atoms with Crippen molar-refractivity contribution in [1.82, 2.24) is 9.38 Å². The Kier molecular flexibility index (Phi) is 3.33. The average molecular weight is 232 g/mol. The lowest BCUT2D eigenvalue weighted by atomic mass is 10.2. The number of nitrogens with zero attached hydrogens (tertiary/aromatic N) is 3. The van der Waals surface area contributed by atoms with Crippen molar-refractivity contribution in [2.45, 2.75) is 20.4 Å². The van der Waals surface area contributed by atoms with Gasteiger partial charge in [0.1, 0.15) is 5.65 Å². The van der Waals surface area contributed by atoms with Gasteiger partial charge in [-0.1, -0.05) is 19.9 Å². The molecule has 0 unspecified atom stereocenters. The van der Waals surface area contributed by atoms with Gasteiger partial charge in [-0.05, 0) is 18.1 Å². The number of rotatable bonds is 4. The van der Waals surface area contributed by atoms with Crippen molar-refractivity contribution in [3.63, 3.8) is 0 Å². The molecule has 0 saturated carbocycles. The number of nitrogens with two attached hydrogens (primary N) is 1. The van der Waals surface area contributed by atoms with Gasteiger partial charge in [-0.2, -0.15) is 0 Å². The van der Waals surface area contributed by atoms with Crippen molar-refractivity contribution in [2.24, 2.45) is 11.7 Å². The second-order valence-electron chi connectivity index (χ2n) is 4.79. The first-order valence-electron chi connectivity index (χ1n) is 6.00. The van der Waals surface area contributed by atoms with E-state index in [1.165, 1.54) is 0 Å². The molecular weight excluding hydrogens is 212 g/mol. The number of anilines is 1. The van der Waals surface area contributed by atoms with E-state index >= 15 is 0 Å². The molecule has 0 atom stereocenters. The fraction of sp³-hybridized carbons (Fsp3) is 0.462. The smallest absolute Gasteiger partial charge is 0.152 e. The van der Waals surface area contributed by atoms with E-state index in [9.17, 15) is 0 Å². The van der Waals surface area contributed by atoms with Crippen molar-refractivity contribution >= 4 is 11.5 Å². The second-order valence-corrected chi connectivity index (χ2v) is 4.79. The summed E-state index contributed by atoms with van der Waals surface area (Å²) in [6, 6.07) is 6.00. The van der Waals surface area contributed by atoms with Gasteiger partial charge in [0.25, 0.3) is 0 Å². The topological polar surface area (TPSA) is 46.6 Å². The summed E-state index contributed by atoms with van der Waals surface area (Å²) in [6.45, 7) is 5.89. The van der Waals surface area contributed by atoms with Gasteiger partial charge in [0.05, 0.1) is 5.69 Å². The number of hydrogen-bond donors (Lipinski definition) is 1. The molecule has 0 bridgehead atoms. The molecular formula is C13H20N4. The molecule has 0 aliphatic rings. The van der Waals surface area contributed by atoms with Crippen molar-refractivity contribution < 1.29 is 0 Å². The van der Waals surface area contributed by atoms with E-state index in [1.54, 1.807) is 0 Å². The van der Waals surface area contributed by atoms with E-state index < -0.39 is 0 Å². The summed E-state index contributed by atoms with van der Waals surface area (Å²) in [5.74, 6) is 1.60. The second kappa shape index (κ2) is 4.75. The molecule has 2 rings (SSSR count). The Hall–Kier alpha value is -1.55. The molecule has 0 radical (unpaired) electrons. The van der Waals surface area contributed by atoms with Crippen LogP contribution in [0.2, 0.25) is 0 Å². The minimum absolute atomic E-state index is 0.503. The molecule has 0 saturated heterocycles. The number of hydrogen-bond acceptors (Lipinski definition) is 3. The Morgan fingerprint density at radius 1 is 1.41 bits per heavy atom. The summed E-state index contributed by atoms with van der Waals surface area (Å²) in [4.78, 5) is 6.83. The van der Waals surface area contributed by atoms with Crippen molar-refractivity contribution in [3.8, 4) is 0 Å². The molecule has 2 heterocycles. The van der Waals surface area contributed by atoms with Crippen LogP contribution in [0.15, 0.2) is 24.4 Å². The number of pyridine rings is 1. The van der Waals surface area contributed by atoms with Crippen LogP contribution in [0, 0.1) is 5.92 Å². The monoisotopic (exact) mass is 232 g/mol. The van der Waals surface area contributed by atoms with Gasteiger partial charge in [0, 0.05) is 26.3 Å². The molecule has 0 spiro atoms. The van der Waals surface area contributed by atoms with Crippen LogP contribution in [0.1, 0.15) is 19.5 Å². The van der Waals surface area contributed by atoms with Gasteiger partial charge < -0.3 is 15.0 Å². The van der Waals surface area contributed by atoms with E-state index in [1.807, 2.05) is 24.4 Å². The third-order valence-corrected chi connectivity index (χ3v) is 2.80. The molecule has 2 N–H and O–H groups in total. The third kappa shape index (κ3) is 2.26. The van der Waals surface area contributed by atoms with Gasteiger partial charge in [0.2, 0.25) is 0 Å². The van der Waals surface area contributed by atoms with E-state index in [2.05, 4.69) is 35.2 Å². The van der Waals surface area contributed by atoms with E-state index in [0.717, 1.165) is 23.7 Å². The fourth-order valence-electron chi connectivity index (χ4n) is 2.16. The highest BCUT2D eigenvalue weighted by atomic mass is 15.2. The maximum atomic E-state index is 5.84. The predicted octanol–water partition coefficient (Wildman–Crippen LogP) is 1.89. The van der Waals surface area contributed by atoms with Crippen LogP contribution in [-0.4, -0.2) is 23.0 Å². The molecule has 4 nitrogen and oxygen atoms in total. The quantitative estimate of drug-likeness (QED) is 0.875. The zero-order chi connectivity index (χ0) is 12.4. The highest BCUT2D eigenvalue weighted by Crippen LogP contribution is 2.20. The van der Waals surface area contributed by atoms with Crippen molar-refractivity contribution in [2.75, 3.05) is 18.5 Å². The van der Waals surface area contributed by atoms with Crippen LogP contribution in [0.4, 0.5) is 5.82 Å². The van der Waals surface area contributed by atoms with Crippen molar-refractivity contribution in [1.29, 1.82) is 0 Å². The highest BCUT2D eigenvalue weighted by Gasteiger charge is 2.14. The first kappa shape index (κ1) is 11.9. The maximum Gasteiger partial charge on any atom is 0.152 e. The first-order chi connectivity index (χ1) is 8.13. The summed E-state index contributed by atoms with van der Waals surface area (Å²) >= 11 is 0. The molecule has 4 heteroatoms. The van der Waals surface area contributed by atoms with E-state index in [0.29, 0.717) is 12.5 Å². The summed E-state index contributed by atoms with van der Waals surface area (Å²) < 4.78 is 2.06. The minimum Gasteiger partial charge on any atom is -0.358 e. The van der Waals surface area contributed by atoms with Gasteiger partial charge >= 0.3 is 0 Å². The molecule has 92 valence electrons. The predicted molar refractivity (Wildman–Crippen MR) is 71.2 cm³/mol. The summed E-state index contributed by atoms with van der Waals surface area (Å²) in [5, 5.41) is 0. The van der Waals surface area contributed by atoms with Crippen LogP contribution in [-0.2, 0) is 6.54 Å². The number of aromatic nitrogens is 2. The number of imidazole rings is 1. The van der Waals surface area contributed by atoms with Gasteiger partial charge in [0.15, 0.2) is 5.82 Å². The molecule has 0 aliphatic heterocycles. The highest BCUT2D eigenvalue weighted by molar-refractivity contribution is 5.55. The lowest BCUT2D eigenvalue weighted by Crippen LogP contribution is -2.24. The van der Waals surface area contributed by atoms with Gasteiger partial charge in [-0.3, -0.25) is 0 Å². The normalized spacial score (nSPS) is 11.4. The van der Waals surface area contributed by atoms with Crippen molar-refractivity contribution in [3.05, 3.63) is 30.1 Å².